The van der Waals surface area contributed by atoms with Crippen LogP contribution in [0, 0.1) is 0 Å². The average Bonchev–Trinajstić information content (AvgIpc) is 2.90. The number of ether oxygens (including phenoxy) is 1. The molecule has 1 aliphatic rings. The van der Waals surface area contributed by atoms with Crippen LogP contribution in [-0.4, -0.2) is 58.6 Å². The highest BCUT2D eigenvalue weighted by molar-refractivity contribution is 7.07. The van der Waals surface area contributed by atoms with Crippen LogP contribution in [0.4, 0.5) is 4.79 Å². The van der Waals surface area contributed by atoms with Gasteiger partial charge in [-0.2, -0.15) is 0 Å². The lowest BCUT2D eigenvalue weighted by molar-refractivity contribution is 0.0140. The molecule has 0 spiro atoms. The summed E-state index contributed by atoms with van der Waals surface area (Å²) in [4.78, 5) is 31.4. The van der Waals surface area contributed by atoms with Crippen molar-refractivity contribution >= 4 is 23.3 Å². The maximum atomic E-state index is 12.1. The number of carbonyl (C=O) groups excluding carboxylic acids is 2. The number of thiazole rings is 1. The SMILES string of the molecule is CC(C)(C)OC(=O)N1CCN(C(=O)c2cscn2)CC1. The van der Waals surface area contributed by atoms with Gasteiger partial charge in [-0.05, 0) is 20.8 Å². The third-order valence-electron chi connectivity index (χ3n) is 2.87. The summed E-state index contributed by atoms with van der Waals surface area (Å²) in [6.45, 7) is 7.52. The molecule has 1 saturated heterocycles. The predicted octanol–water partition coefficient (Wildman–Crippen LogP) is 1.84. The molecular weight excluding hydrogens is 278 g/mol. The Morgan fingerprint density at radius 3 is 2.30 bits per heavy atom. The Labute approximate surface area is 122 Å². The van der Waals surface area contributed by atoms with E-state index in [4.69, 9.17) is 4.74 Å². The van der Waals surface area contributed by atoms with Crippen LogP contribution in [0.15, 0.2) is 10.9 Å². The van der Waals surface area contributed by atoms with E-state index in [1.54, 1.807) is 20.7 Å². The molecular formula is C13H19N3O3S. The standard InChI is InChI=1S/C13H19N3O3S/c1-13(2,3)19-12(18)16-6-4-15(5-7-16)11(17)10-8-20-9-14-10/h8-9H,4-7H2,1-3H3. The molecule has 0 N–H and O–H groups in total. The van der Waals surface area contributed by atoms with Crippen LogP contribution in [-0.2, 0) is 4.74 Å². The molecule has 0 bridgehead atoms. The van der Waals surface area contributed by atoms with E-state index in [-0.39, 0.29) is 12.0 Å². The maximum Gasteiger partial charge on any atom is 0.410 e. The number of piperazine rings is 1. The van der Waals surface area contributed by atoms with E-state index < -0.39 is 5.60 Å². The normalized spacial score (nSPS) is 16.1. The molecule has 1 fully saturated rings. The summed E-state index contributed by atoms with van der Waals surface area (Å²) in [6.07, 6.45) is -0.321. The van der Waals surface area contributed by atoms with Crippen molar-refractivity contribution in [3.05, 3.63) is 16.6 Å². The van der Waals surface area contributed by atoms with E-state index in [9.17, 15) is 9.59 Å². The Kier molecular flexibility index (Phi) is 4.27. The summed E-state index contributed by atoms with van der Waals surface area (Å²) < 4.78 is 5.32. The Balaban J connectivity index is 1.86. The molecule has 2 amide bonds. The van der Waals surface area contributed by atoms with Crippen molar-refractivity contribution in [3.63, 3.8) is 0 Å². The monoisotopic (exact) mass is 297 g/mol. The van der Waals surface area contributed by atoms with Gasteiger partial charge in [0, 0.05) is 31.6 Å². The number of nitrogens with zero attached hydrogens (tertiary/aromatic N) is 3. The second kappa shape index (κ2) is 5.78. The van der Waals surface area contributed by atoms with Crippen LogP contribution in [0.3, 0.4) is 0 Å². The Morgan fingerprint density at radius 2 is 1.80 bits per heavy atom. The number of hydrogen-bond acceptors (Lipinski definition) is 5. The molecule has 1 aliphatic heterocycles. The second-order valence-corrected chi connectivity index (χ2v) is 6.35. The van der Waals surface area contributed by atoms with Gasteiger partial charge in [-0.3, -0.25) is 4.79 Å². The zero-order chi connectivity index (χ0) is 14.8. The minimum absolute atomic E-state index is 0.0740. The first-order valence-corrected chi connectivity index (χ1v) is 7.46. The summed E-state index contributed by atoms with van der Waals surface area (Å²) in [7, 11) is 0. The van der Waals surface area contributed by atoms with Gasteiger partial charge in [0.25, 0.3) is 5.91 Å². The van der Waals surface area contributed by atoms with Crippen LogP contribution in [0.2, 0.25) is 0 Å². The lowest BCUT2D eigenvalue weighted by atomic mass is 10.2. The van der Waals surface area contributed by atoms with E-state index in [1.807, 2.05) is 20.8 Å². The lowest BCUT2D eigenvalue weighted by Gasteiger charge is -2.35. The van der Waals surface area contributed by atoms with Crippen LogP contribution in [0.5, 0.6) is 0 Å². The zero-order valence-electron chi connectivity index (χ0n) is 12.0. The fourth-order valence-electron chi connectivity index (χ4n) is 1.90. The van der Waals surface area contributed by atoms with E-state index in [2.05, 4.69) is 4.98 Å². The van der Waals surface area contributed by atoms with Crippen molar-refractivity contribution < 1.29 is 14.3 Å². The average molecular weight is 297 g/mol. The van der Waals surface area contributed by atoms with Crippen molar-refractivity contribution in [1.29, 1.82) is 0 Å². The van der Waals surface area contributed by atoms with Gasteiger partial charge in [0.1, 0.15) is 11.3 Å². The summed E-state index contributed by atoms with van der Waals surface area (Å²) in [5.41, 5.74) is 1.62. The fourth-order valence-corrected chi connectivity index (χ4v) is 2.42. The van der Waals surface area contributed by atoms with Gasteiger partial charge >= 0.3 is 6.09 Å². The number of aromatic nitrogens is 1. The molecule has 0 atom stereocenters. The highest BCUT2D eigenvalue weighted by Gasteiger charge is 2.28. The second-order valence-electron chi connectivity index (χ2n) is 5.63. The van der Waals surface area contributed by atoms with Crippen molar-refractivity contribution in [3.8, 4) is 0 Å². The summed E-state index contributed by atoms with van der Waals surface area (Å²) in [6, 6.07) is 0. The van der Waals surface area contributed by atoms with Gasteiger partial charge < -0.3 is 14.5 Å². The third-order valence-corrected chi connectivity index (χ3v) is 3.46. The van der Waals surface area contributed by atoms with Crippen molar-refractivity contribution in [2.24, 2.45) is 0 Å². The van der Waals surface area contributed by atoms with Crippen LogP contribution in [0.25, 0.3) is 0 Å². The van der Waals surface area contributed by atoms with Crippen LogP contribution < -0.4 is 0 Å². The van der Waals surface area contributed by atoms with E-state index in [0.29, 0.717) is 31.9 Å². The number of carbonyl (C=O) groups is 2. The zero-order valence-corrected chi connectivity index (χ0v) is 12.8. The molecule has 6 nitrogen and oxygen atoms in total. The molecule has 0 aliphatic carbocycles. The number of amides is 2. The lowest BCUT2D eigenvalue weighted by Crippen LogP contribution is -2.51. The molecule has 1 aromatic heterocycles. The first kappa shape index (κ1) is 14.8. The minimum atomic E-state index is -0.495. The Morgan fingerprint density at radius 1 is 1.20 bits per heavy atom. The Hall–Kier alpha value is -1.63. The topological polar surface area (TPSA) is 62.7 Å². The number of rotatable bonds is 1. The third kappa shape index (κ3) is 3.69. The quantitative estimate of drug-likeness (QED) is 0.793. The van der Waals surface area contributed by atoms with Crippen molar-refractivity contribution in [1.82, 2.24) is 14.8 Å². The number of hydrogen-bond donors (Lipinski definition) is 0. The van der Waals surface area contributed by atoms with Gasteiger partial charge in [-0.1, -0.05) is 0 Å². The molecule has 20 heavy (non-hydrogen) atoms. The van der Waals surface area contributed by atoms with Crippen LogP contribution in [0.1, 0.15) is 31.3 Å². The highest BCUT2D eigenvalue weighted by atomic mass is 32.1. The smallest absolute Gasteiger partial charge is 0.410 e. The molecule has 0 aromatic carbocycles. The first-order chi connectivity index (χ1) is 9.37. The summed E-state index contributed by atoms with van der Waals surface area (Å²) in [5.74, 6) is -0.0740. The maximum absolute atomic E-state index is 12.1. The Bertz CT molecular complexity index is 474. The molecule has 0 unspecified atom stereocenters. The molecule has 2 rings (SSSR count). The molecule has 0 radical (unpaired) electrons. The predicted molar refractivity (Wildman–Crippen MR) is 75.8 cm³/mol. The van der Waals surface area contributed by atoms with Gasteiger partial charge in [-0.15, -0.1) is 11.3 Å². The molecule has 110 valence electrons. The van der Waals surface area contributed by atoms with Crippen LogP contribution >= 0.6 is 11.3 Å². The summed E-state index contributed by atoms with van der Waals surface area (Å²) >= 11 is 1.40. The van der Waals surface area contributed by atoms with E-state index in [0.717, 1.165) is 0 Å². The minimum Gasteiger partial charge on any atom is -0.444 e. The van der Waals surface area contributed by atoms with Gasteiger partial charge in [0.2, 0.25) is 0 Å². The first-order valence-electron chi connectivity index (χ1n) is 6.52. The molecule has 1 aromatic rings. The van der Waals surface area contributed by atoms with E-state index in [1.165, 1.54) is 11.3 Å². The van der Waals surface area contributed by atoms with E-state index >= 15 is 0 Å². The largest absolute Gasteiger partial charge is 0.444 e. The molecule has 0 saturated carbocycles. The highest BCUT2D eigenvalue weighted by Crippen LogP contribution is 2.13. The van der Waals surface area contributed by atoms with Crippen molar-refractivity contribution in [2.45, 2.75) is 26.4 Å². The fraction of sp³-hybridized carbons (Fsp3) is 0.615. The van der Waals surface area contributed by atoms with Gasteiger partial charge in [-0.25, -0.2) is 9.78 Å². The van der Waals surface area contributed by atoms with Gasteiger partial charge in [0.15, 0.2) is 0 Å². The summed E-state index contributed by atoms with van der Waals surface area (Å²) in [5, 5.41) is 1.74. The van der Waals surface area contributed by atoms with Crippen molar-refractivity contribution in [2.75, 3.05) is 26.2 Å². The van der Waals surface area contributed by atoms with Gasteiger partial charge in [0.05, 0.1) is 5.51 Å². The molecule has 7 heteroatoms. The molecule has 2 heterocycles.